The van der Waals surface area contributed by atoms with Crippen LogP contribution in [0.3, 0.4) is 0 Å². The number of para-hydroxylation sites is 1. The van der Waals surface area contributed by atoms with Crippen LogP contribution in [-0.2, 0) is 32.1 Å². The second-order valence-corrected chi connectivity index (χ2v) is 14.3. The van der Waals surface area contributed by atoms with Crippen molar-refractivity contribution in [2.45, 2.75) is 77.0 Å². The van der Waals surface area contributed by atoms with E-state index in [0.29, 0.717) is 23.4 Å². The molecule has 2 N–H and O–H groups in total. The Balaban J connectivity index is 1.56. The molecule has 0 aliphatic carbocycles. The highest BCUT2D eigenvalue weighted by atomic mass is 32.2. The van der Waals surface area contributed by atoms with Crippen LogP contribution in [0.1, 0.15) is 75.9 Å². The summed E-state index contributed by atoms with van der Waals surface area (Å²) in [5.74, 6) is 0.00627. The number of rotatable bonds is 7. The maximum atomic E-state index is 13.6. The van der Waals surface area contributed by atoms with Crippen LogP contribution in [0.4, 0.5) is 0 Å². The fourth-order valence-corrected chi connectivity index (χ4v) is 6.28. The van der Waals surface area contributed by atoms with Gasteiger partial charge in [-0.15, -0.1) is 0 Å². The highest BCUT2D eigenvalue weighted by Gasteiger charge is 2.27. The summed E-state index contributed by atoms with van der Waals surface area (Å²) in [5.41, 5.74) is 6.50. The number of carbonyl (C=O) groups excluding carboxylic acids is 1. The first kappa shape index (κ1) is 30.1. The summed E-state index contributed by atoms with van der Waals surface area (Å²) in [5, 5.41) is 15.8. The number of nitrogens with zero attached hydrogens (tertiary/aromatic N) is 2. The zero-order valence-corrected chi connectivity index (χ0v) is 25.6. The molecule has 0 spiro atoms. The zero-order chi connectivity index (χ0) is 30.2. The van der Waals surface area contributed by atoms with Crippen molar-refractivity contribution in [2.75, 3.05) is 0 Å². The van der Waals surface area contributed by atoms with Gasteiger partial charge in [-0.2, -0.15) is 5.10 Å². The average Bonchev–Trinajstić information content (AvgIpc) is 3.26. The Morgan fingerprint density at radius 3 is 2.10 bits per heavy atom. The number of carbonyl (C=O) groups is 1. The number of hydrazone groups is 1. The molecule has 0 unspecified atom stereocenters. The monoisotopic (exact) mass is 573 g/mol. The molecule has 1 aromatic heterocycles. The first-order valence-corrected chi connectivity index (χ1v) is 15.1. The Kier molecular flexibility index (Phi) is 8.18. The van der Waals surface area contributed by atoms with E-state index in [9.17, 15) is 18.3 Å². The van der Waals surface area contributed by atoms with E-state index in [-0.39, 0.29) is 28.1 Å². The van der Waals surface area contributed by atoms with E-state index in [4.69, 9.17) is 0 Å². The highest BCUT2D eigenvalue weighted by molar-refractivity contribution is 7.90. The third-order valence-electron chi connectivity index (χ3n) is 7.07. The Hall–Kier alpha value is -3.91. The standard InChI is InChI=1S/C33H39N3O4S/c1-22-12-15-26(16-13-22)41(39,40)36-25(20-24-10-8-9-11-29(24)36)21-34-35-30(37)17-14-23-18-27(32(2,3)4)31(38)28(19-23)33(5,6)7/h8-13,15-16,18-21,38H,14,17H2,1-7H3,(H,35,37)/b34-21+. The second-order valence-electron chi connectivity index (χ2n) is 12.5. The molecule has 7 nitrogen and oxygen atoms in total. The fraction of sp³-hybridized carbons (Fsp3) is 0.333. The summed E-state index contributed by atoms with van der Waals surface area (Å²) >= 11 is 0. The minimum atomic E-state index is -3.91. The summed E-state index contributed by atoms with van der Waals surface area (Å²) in [6.45, 7) is 14.2. The fourth-order valence-electron chi connectivity index (χ4n) is 4.79. The maximum absolute atomic E-state index is 13.6. The normalized spacial score (nSPS) is 12.8. The first-order valence-electron chi connectivity index (χ1n) is 13.7. The lowest BCUT2D eigenvalue weighted by Gasteiger charge is -2.28. The van der Waals surface area contributed by atoms with Crippen molar-refractivity contribution in [3.05, 3.63) is 94.7 Å². The van der Waals surface area contributed by atoms with Crippen LogP contribution in [0.2, 0.25) is 0 Å². The van der Waals surface area contributed by atoms with Crippen molar-refractivity contribution >= 4 is 33.0 Å². The molecular weight excluding hydrogens is 534 g/mol. The Labute approximate surface area is 243 Å². The SMILES string of the molecule is Cc1ccc(S(=O)(=O)n2c(/C=N/NC(=O)CCc3cc(C(C)(C)C)c(O)c(C(C)(C)C)c3)cc3ccccc32)cc1. The molecule has 1 heterocycles. The van der Waals surface area contributed by atoms with E-state index in [1.54, 1.807) is 42.5 Å². The third-order valence-corrected chi connectivity index (χ3v) is 8.82. The summed E-state index contributed by atoms with van der Waals surface area (Å²) in [6, 6.07) is 19.6. The zero-order valence-electron chi connectivity index (χ0n) is 24.8. The molecule has 0 radical (unpaired) electrons. The van der Waals surface area contributed by atoms with Crippen molar-refractivity contribution < 1.29 is 18.3 Å². The lowest BCUT2D eigenvalue weighted by atomic mass is 9.78. The van der Waals surface area contributed by atoms with Crippen molar-refractivity contribution in [3.8, 4) is 5.75 Å². The van der Waals surface area contributed by atoms with Crippen LogP contribution in [0, 0.1) is 6.92 Å². The molecule has 8 heteroatoms. The van der Waals surface area contributed by atoms with Gasteiger partial charge in [0.1, 0.15) is 5.75 Å². The minimum Gasteiger partial charge on any atom is -0.507 e. The van der Waals surface area contributed by atoms with Gasteiger partial charge in [-0.05, 0) is 65.1 Å². The van der Waals surface area contributed by atoms with Gasteiger partial charge in [0.2, 0.25) is 5.91 Å². The molecule has 4 aromatic rings. The van der Waals surface area contributed by atoms with Crippen LogP contribution in [0.15, 0.2) is 76.7 Å². The van der Waals surface area contributed by atoms with Gasteiger partial charge in [0, 0.05) is 11.8 Å². The van der Waals surface area contributed by atoms with Crippen molar-refractivity contribution in [1.82, 2.24) is 9.40 Å². The maximum Gasteiger partial charge on any atom is 0.268 e. The van der Waals surface area contributed by atoms with Crippen LogP contribution >= 0.6 is 0 Å². The number of phenols is 1. The van der Waals surface area contributed by atoms with Gasteiger partial charge in [0.15, 0.2) is 0 Å². The van der Waals surface area contributed by atoms with Crippen molar-refractivity contribution in [1.29, 1.82) is 0 Å². The molecule has 0 aliphatic heterocycles. The molecular formula is C33H39N3O4S. The summed E-state index contributed by atoms with van der Waals surface area (Å²) < 4.78 is 28.5. The van der Waals surface area contributed by atoms with Crippen LogP contribution in [0.25, 0.3) is 10.9 Å². The quantitative estimate of drug-likeness (QED) is 0.193. The third kappa shape index (κ3) is 6.54. The summed E-state index contributed by atoms with van der Waals surface area (Å²) in [7, 11) is -3.91. The van der Waals surface area contributed by atoms with E-state index >= 15 is 0 Å². The molecule has 0 atom stereocenters. The number of benzene rings is 3. The molecule has 0 aliphatic rings. The predicted molar refractivity (Wildman–Crippen MR) is 165 cm³/mol. The average molecular weight is 574 g/mol. The molecule has 4 rings (SSSR count). The van der Waals surface area contributed by atoms with Gasteiger partial charge in [-0.25, -0.2) is 17.8 Å². The molecule has 216 valence electrons. The van der Waals surface area contributed by atoms with Gasteiger partial charge in [-0.3, -0.25) is 4.79 Å². The van der Waals surface area contributed by atoms with E-state index in [0.717, 1.165) is 27.6 Å². The number of aromatic nitrogens is 1. The van der Waals surface area contributed by atoms with Crippen LogP contribution in [-0.4, -0.2) is 29.6 Å². The van der Waals surface area contributed by atoms with Crippen molar-refractivity contribution in [2.24, 2.45) is 5.10 Å². The van der Waals surface area contributed by atoms with E-state index < -0.39 is 10.0 Å². The summed E-state index contributed by atoms with van der Waals surface area (Å²) in [4.78, 5) is 12.9. The Morgan fingerprint density at radius 1 is 0.927 bits per heavy atom. The number of nitrogens with one attached hydrogen (secondary N) is 1. The minimum absolute atomic E-state index is 0.168. The number of aryl methyl sites for hydroxylation is 2. The Bertz CT molecular complexity index is 1680. The van der Waals surface area contributed by atoms with E-state index in [2.05, 4.69) is 52.1 Å². The van der Waals surface area contributed by atoms with E-state index in [1.165, 1.54) is 10.2 Å². The molecule has 1 amide bonds. The first-order chi connectivity index (χ1) is 19.1. The Morgan fingerprint density at radius 2 is 1.51 bits per heavy atom. The van der Waals surface area contributed by atoms with Gasteiger partial charge >= 0.3 is 0 Å². The van der Waals surface area contributed by atoms with Gasteiger partial charge in [0.05, 0.1) is 22.3 Å². The number of amides is 1. The molecule has 3 aromatic carbocycles. The predicted octanol–water partition coefficient (Wildman–Crippen LogP) is 6.57. The number of phenolic OH excluding ortho intramolecular Hbond substituents is 1. The number of hydrogen-bond acceptors (Lipinski definition) is 5. The van der Waals surface area contributed by atoms with Crippen molar-refractivity contribution in [3.63, 3.8) is 0 Å². The van der Waals surface area contributed by atoms with Gasteiger partial charge < -0.3 is 5.11 Å². The van der Waals surface area contributed by atoms with Gasteiger partial charge in [-0.1, -0.05) is 89.6 Å². The topological polar surface area (TPSA) is 101 Å². The number of hydrogen-bond donors (Lipinski definition) is 2. The summed E-state index contributed by atoms with van der Waals surface area (Å²) in [6.07, 6.45) is 2.01. The smallest absolute Gasteiger partial charge is 0.268 e. The highest BCUT2D eigenvalue weighted by Crippen LogP contribution is 2.40. The largest absolute Gasteiger partial charge is 0.507 e. The molecule has 0 fully saturated rings. The van der Waals surface area contributed by atoms with Crippen LogP contribution in [0.5, 0.6) is 5.75 Å². The lowest BCUT2D eigenvalue weighted by molar-refractivity contribution is -0.121. The second kappa shape index (κ2) is 11.2. The molecule has 41 heavy (non-hydrogen) atoms. The number of fused-ring (bicyclic) bond motifs is 1. The van der Waals surface area contributed by atoms with E-state index in [1.807, 2.05) is 31.2 Å². The van der Waals surface area contributed by atoms with Gasteiger partial charge in [0.25, 0.3) is 10.0 Å². The lowest BCUT2D eigenvalue weighted by Crippen LogP contribution is -2.20. The molecule has 0 saturated heterocycles. The number of aromatic hydroxyl groups is 1. The van der Waals surface area contributed by atoms with Crippen LogP contribution < -0.4 is 5.43 Å². The molecule has 0 saturated carbocycles. The molecule has 0 bridgehead atoms.